The Morgan fingerprint density at radius 1 is 1.32 bits per heavy atom. The Hall–Kier alpha value is -0.890. The highest BCUT2D eigenvalue weighted by Crippen LogP contribution is 2.35. The minimum Gasteiger partial charge on any atom is -0.311 e. The average molecular weight is 263 g/mol. The standard InChI is InChI=1S/C17H26FN/c1-13(11-14-6-8-15(18)9-7-14)19-16-5-4-10-17(2,3)12-16/h6-9,13,16,19H,4-5,10-12H2,1-3H3. The van der Waals surface area contributed by atoms with Crippen LogP contribution in [0.15, 0.2) is 24.3 Å². The molecule has 1 N–H and O–H groups in total. The van der Waals surface area contributed by atoms with Crippen LogP contribution < -0.4 is 5.32 Å². The Bertz CT molecular complexity index is 396. The molecule has 106 valence electrons. The second kappa shape index (κ2) is 6.04. The van der Waals surface area contributed by atoms with Crippen molar-refractivity contribution < 1.29 is 4.39 Å². The lowest BCUT2D eigenvalue weighted by atomic mass is 9.75. The van der Waals surface area contributed by atoms with Crippen molar-refractivity contribution in [1.29, 1.82) is 0 Å². The van der Waals surface area contributed by atoms with E-state index in [1.165, 1.54) is 31.2 Å². The van der Waals surface area contributed by atoms with E-state index in [0.29, 0.717) is 17.5 Å². The van der Waals surface area contributed by atoms with E-state index in [2.05, 4.69) is 26.1 Å². The van der Waals surface area contributed by atoms with E-state index in [-0.39, 0.29) is 5.82 Å². The zero-order chi connectivity index (χ0) is 13.9. The molecule has 0 spiro atoms. The largest absolute Gasteiger partial charge is 0.311 e. The van der Waals surface area contributed by atoms with Gasteiger partial charge in [0.1, 0.15) is 5.82 Å². The third-order valence-electron chi connectivity index (χ3n) is 4.18. The van der Waals surface area contributed by atoms with Gasteiger partial charge in [-0.05, 0) is 55.7 Å². The fraction of sp³-hybridized carbons (Fsp3) is 0.647. The summed E-state index contributed by atoms with van der Waals surface area (Å²) >= 11 is 0. The Balaban J connectivity index is 1.84. The summed E-state index contributed by atoms with van der Waals surface area (Å²) < 4.78 is 12.9. The molecule has 2 atom stereocenters. The van der Waals surface area contributed by atoms with Crippen LogP contribution in [-0.2, 0) is 6.42 Å². The summed E-state index contributed by atoms with van der Waals surface area (Å²) in [6.07, 6.45) is 6.20. The Morgan fingerprint density at radius 2 is 2.00 bits per heavy atom. The number of hydrogen-bond donors (Lipinski definition) is 1. The zero-order valence-corrected chi connectivity index (χ0v) is 12.4. The third-order valence-corrected chi connectivity index (χ3v) is 4.18. The molecule has 0 aromatic heterocycles. The van der Waals surface area contributed by atoms with Crippen molar-refractivity contribution in [2.45, 2.75) is 65.0 Å². The molecule has 1 aromatic carbocycles. The normalized spacial score (nSPS) is 24.1. The van der Waals surface area contributed by atoms with Crippen LogP contribution in [0.2, 0.25) is 0 Å². The van der Waals surface area contributed by atoms with Gasteiger partial charge in [-0.1, -0.05) is 32.4 Å². The minimum atomic E-state index is -0.154. The van der Waals surface area contributed by atoms with E-state index >= 15 is 0 Å². The highest BCUT2D eigenvalue weighted by molar-refractivity contribution is 5.17. The maximum atomic E-state index is 12.9. The molecule has 0 amide bonds. The molecular formula is C17H26FN. The first-order chi connectivity index (χ1) is 8.94. The smallest absolute Gasteiger partial charge is 0.123 e. The molecular weight excluding hydrogens is 237 g/mol. The predicted molar refractivity (Wildman–Crippen MR) is 78.7 cm³/mol. The highest BCUT2D eigenvalue weighted by atomic mass is 19.1. The van der Waals surface area contributed by atoms with E-state index in [1.807, 2.05) is 12.1 Å². The highest BCUT2D eigenvalue weighted by Gasteiger charge is 2.28. The van der Waals surface area contributed by atoms with Gasteiger partial charge in [-0.25, -0.2) is 4.39 Å². The van der Waals surface area contributed by atoms with E-state index in [4.69, 9.17) is 0 Å². The number of rotatable bonds is 4. The lowest BCUT2D eigenvalue weighted by molar-refractivity contribution is 0.190. The SMILES string of the molecule is CC(Cc1ccc(F)cc1)NC1CCCC(C)(C)C1. The number of nitrogens with one attached hydrogen (secondary N) is 1. The molecule has 19 heavy (non-hydrogen) atoms. The van der Waals surface area contributed by atoms with Crippen molar-refractivity contribution in [1.82, 2.24) is 5.32 Å². The summed E-state index contributed by atoms with van der Waals surface area (Å²) in [5, 5.41) is 3.74. The van der Waals surface area contributed by atoms with Crippen molar-refractivity contribution >= 4 is 0 Å². The van der Waals surface area contributed by atoms with Crippen LogP contribution in [0.3, 0.4) is 0 Å². The van der Waals surface area contributed by atoms with E-state index < -0.39 is 0 Å². The van der Waals surface area contributed by atoms with E-state index in [1.54, 1.807) is 12.1 Å². The second-order valence-electron chi connectivity index (χ2n) is 6.86. The molecule has 1 saturated carbocycles. The van der Waals surface area contributed by atoms with Crippen LogP contribution in [0.4, 0.5) is 4.39 Å². The van der Waals surface area contributed by atoms with Gasteiger partial charge in [0.05, 0.1) is 0 Å². The summed E-state index contributed by atoms with van der Waals surface area (Å²) in [5.74, 6) is -0.154. The summed E-state index contributed by atoms with van der Waals surface area (Å²) in [6.45, 7) is 6.96. The molecule has 0 saturated heterocycles. The van der Waals surface area contributed by atoms with Crippen LogP contribution in [0, 0.1) is 11.2 Å². The van der Waals surface area contributed by atoms with Gasteiger partial charge in [0, 0.05) is 12.1 Å². The molecule has 1 aliphatic rings. The van der Waals surface area contributed by atoms with Gasteiger partial charge in [0.25, 0.3) is 0 Å². The number of benzene rings is 1. The molecule has 0 heterocycles. The molecule has 2 rings (SSSR count). The molecule has 0 radical (unpaired) electrons. The lowest BCUT2D eigenvalue weighted by Gasteiger charge is -2.37. The fourth-order valence-electron chi connectivity index (χ4n) is 3.28. The van der Waals surface area contributed by atoms with Crippen molar-refractivity contribution in [3.8, 4) is 0 Å². The van der Waals surface area contributed by atoms with Crippen LogP contribution in [0.25, 0.3) is 0 Å². The van der Waals surface area contributed by atoms with Crippen molar-refractivity contribution in [3.63, 3.8) is 0 Å². The van der Waals surface area contributed by atoms with Gasteiger partial charge in [0.2, 0.25) is 0 Å². The van der Waals surface area contributed by atoms with Gasteiger partial charge in [-0.2, -0.15) is 0 Å². The number of hydrogen-bond acceptors (Lipinski definition) is 1. The molecule has 2 unspecified atom stereocenters. The summed E-state index contributed by atoms with van der Waals surface area (Å²) in [5.41, 5.74) is 1.68. The Kier molecular flexibility index (Phi) is 4.62. The quantitative estimate of drug-likeness (QED) is 0.853. The summed E-state index contributed by atoms with van der Waals surface area (Å²) in [7, 11) is 0. The maximum Gasteiger partial charge on any atom is 0.123 e. The molecule has 1 aliphatic carbocycles. The predicted octanol–water partition coefficient (Wildman–Crippen LogP) is 4.32. The lowest BCUT2D eigenvalue weighted by Crippen LogP contribution is -2.42. The van der Waals surface area contributed by atoms with Crippen molar-refractivity contribution in [2.75, 3.05) is 0 Å². The minimum absolute atomic E-state index is 0.154. The van der Waals surface area contributed by atoms with Gasteiger partial charge in [-0.15, -0.1) is 0 Å². The average Bonchev–Trinajstić information content (AvgIpc) is 2.30. The zero-order valence-electron chi connectivity index (χ0n) is 12.4. The Labute approximate surface area is 116 Å². The molecule has 1 nitrogen and oxygen atoms in total. The van der Waals surface area contributed by atoms with E-state index in [0.717, 1.165) is 6.42 Å². The third kappa shape index (κ3) is 4.61. The Morgan fingerprint density at radius 3 is 2.63 bits per heavy atom. The summed E-state index contributed by atoms with van der Waals surface area (Å²) in [4.78, 5) is 0. The number of halogens is 1. The first-order valence-corrected chi connectivity index (χ1v) is 7.45. The molecule has 1 fully saturated rings. The molecule has 2 heteroatoms. The van der Waals surface area contributed by atoms with Crippen molar-refractivity contribution in [2.24, 2.45) is 5.41 Å². The monoisotopic (exact) mass is 263 g/mol. The summed E-state index contributed by atoms with van der Waals surface area (Å²) in [6, 6.07) is 7.96. The topological polar surface area (TPSA) is 12.0 Å². The second-order valence-corrected chi connectivity index (χ2v) is 6.86. The van der Waals surface area contributed by atoms with Crippen LogP contribution in [0.5, 0.6) is 0 Å². The fourth-order valence-corrected chi connectivity index (χ4v) is 3.28. The molecule has 0 aliphatic heterocycles. The van der Waals surface area contributed by atoms with Gasteiger partial charge >= 0.3 is 0 Å². The van der Waals surface area contributed by atoms with Crippen molar-refractivity contribution in [3.05, 3.63) is 35.6 Å². The van der Waals surface area contributed by atoms with Gasteiger partial charge in [-0.3, -0.25) is 0 Å². The maximum absolute atomic E-state index is 12.9. The first-order valence-electron chi connectivity index (χ1n) is 7.45. The van der Waals surface area contributed by atoms with Gasteiger partial charge in [0.15, 0.2) is 0 Å². The van der Waals surface area contributed by atoms with E-state index in [9.17, 15) is 4.39 Å². The molecule has 0 bridgehead atoms. The first kappa shape index (κ1) is 14.5. The van der Waals surface area contributed by atoms with Crippen LogP contribution in [-0.4, -0.2) is 12.1 Å². The van der Waals surface area contributed by atoms with Crippen LogP contribution >= 0.6 is 0 Å². The van der Waals surface area contributed by atoms with Gasteiger partial charge < -0.3 is 5.32 Å². The van der Waals surface area contributed by atoms with Crippen LogP contribution in [0.1, 0.15) is 52.0 Å². The molecule has 1 aromatic rings.